The molecule has 0 atom stereocenters. The average Bonchev–Trinajstić information content (AvgIpc) is 3.06. The molecule has 3 heterocycles. The number of fused-ring (bicyclic) bond motifs is 1. The lowest BCUT2D eigenvalue weighted by Crippen LogP contribution is -2.49. The van der Waals surface area contributed by atoms with Crippen LogP contribution in [0.15, 0.2) is 45.7 Å². The lowest BCUT2D eigenvalue weighted by molar-refractivity contribution is -0.137. The van der Waals surface area contributed by atoms with Crippen LogP contribution in [-0.4, -0.2) is 46.5 Å². The minimum atomic E-state index is -4.51. The van der Waals surface area contributed by atoms with E-state index in [9.17, 15) is 22.8 Å². The van der Waals surface area contributed by atoms with Gasteiger partial charge >= 0.3 is 11.9 Å². The summed E-state index contributed by atoms with van der Waals surface area (Å²) in [5.41, 5.74) is 0.194. The monoisotopic (exact) mass is 454 g/mol. The van der Waals surface area contributed by atoms with Crippen molar-refractivity contribution in [1.29, 1.82) is 0 Å². The Morgan fingerprint density at radius 3 is 2.55 bits per heavy atom. The number of hydrogen-bond acceptors (Lipinski definition) is 5. The van der Waals surface area contributed by atoms with Crippen LogP contribution in [0.25, 0.3) is 11.1 Å². The molecule has 0 bridgehead atoms. The summed E-state index contributed by atoms with van der Waals surface area (Å²) in [7, 11) is 0. The van der Waals surface area contributed by atoms with Crippen molar-refractivity contribution in [3.63, 3.8) is 0 Å². The predicted octanol–water partition coefficient (Wildman–Crippen LogP) is 3.40. The number of rotatable bonds is 4. The van der Waals surface area contributed by atoms with Crippen molar-refractivity contribution in [2.24, 2.45) is 0 Å². The van der Waals surface area contributed by atoms with E-state index in [2.05, 4.69) is 4.98 Å². The van der Waals surface area contributed by atoms with E-state index in [-0.39, 0.29) is 29.7 Å². The van der Waals surface area contributed by atoms with Gasteiger partial charge in [0.15, 0.2) is 5.58 Å². The second-order valence-corrected chi connectivity index (χ2v) is 7.54. The van der Waals surface area contributed by atoms with E-state index in [1.165, 1.54) is 4.57 Å². The van der Waals surface area contributed by atoms with Crippen LogP contribution in [0.2, 0.25) is 5.02 Å². The Labute approximate surface area is 179 Å². The van der Waals surface area contributed by atoms with Crippen molar-refractivity contribution in [3.8, 4) is 0 Å². The number of para-hydroxylation sites is 2. The van der Waals surface area contributed by atoms with Gasteiger partial charge in [0.25, 0.3) is 0 Å². The van der Waals surface area contributed by atoms with Gasteiger partial charge in [-0.25, -0.2) is 9.78 Å². The largest absolute Gasteiger partial charge is 0.419 e. The zero-order chi connectivity index (χ0) is 22.2. The Balaban J connectivity index is 1.36. The van der Waals surface area contributed by atoms with Crippen molar-refractivity contribution in [3.05, 3.63) is 57.7 Å². The van der Waals surface area contributed by atoms with Gasteiger partial charge in [0.2, 0.25) is 5.91 Å². The van der Waals surface area contributed by atoms with Gasteiger partial charge in [0, 0.05) is 45.3 Å². The van der Waals surface area contributed by atoms with Crippen molar-refractivity contribution < 1.29 is 22.4 Å². The second-order valence-electron chi connectivity index (χ2n) is 7.13. The predicted molar refractivity (Wildman–Crippen MR) is 108 cm³/mol. The van der Waals surface area contributed by atoms with Gasteiger partial charge in [-0.1, -0.05) is 23.7 Å². The van der Waals surface area contributed by atoms with Gasteiger partial charge in [-0.2, -0.15) is 13.2 Å². The van der Waals surface area contributed by atoms with Crippen LogP contribution in [0.1, 0.15) is 12.0 Å². The van der Waals surface area contributed by atoms with E-state index < -0.39 is 17.5 Å². The highest BCUT2D eigenvalue weighted by Gasteiger charge is 2.32. The summed E-state index contributed by atoms with van der Waals surface area (Å²) in [6.07, 6.45) is -3.63. The number of carbonyl (C=O) groups is 1. The molecule has 1 fully saturated rings. The Morgan fingerprint density at radius 2 is 1.87 bits per heavy atom. The van der Waals surface area contributed by atoms with Gasteiger partial charge in [-0.05, 0) is 18.2 Å². The maximum atomic E-state index is 12.8. The fraction of sp³-hybridized carbons (Fsp3) is 0.350. The molecular formula is C20H18ClF3N4O3. The molecule has 1 aromatic carbocycles. The summed E-state index contributed by atoms with van der Waals surface area (Å²) in [5.74, 6) is -0.372. The number of halogens is 4. The third-order valence-electron chi connectivity index (χ3n) is 5.20. The lowest BCUT2D eigenvalue weighted by atomic mass is 10.2. The molecule has 0 spiro atoms. The molecule has 4 rings (SSSR count). The number of nitrogens with zero attached hydrogens (tertiary/aromatic N) is 4. The quantitative estimate of drug-likeness (QED) is 0.604. The third-order valence-corrected chi connectivity index (χ3v) is 5.48. The molecule has 0 aliphatic carbocycles. The molecule has 1 aliphatic rings. The number of amides is 1. The second kappa shape index (κ2) is 8.26. The zero-order valence-electron chi connectivity index (χ0n) is 16.2. The standard InChI is InChI=1S/C20H18ClF3N4O3/c21-14-11-13(20(22,23)24)12-25-18(14)27-9-7-26(8-10-27)17(29)5-6-28-15-3-1-2-4-16(15)31-19(28)30/h1-4,11-12H,5-10H2. The highest BCUT2D eigenvalue weighted by Crippen LogP contribution is 2.33. The number of hydrogen-bond donors (Lipinski definition) is 0. The number of carbonyl (C=O) groups excluding carboxylic acids is 1. The molecule has 0 unspecified atom stereocenters. The number of oxazole rings is 1. The first-order valence-electron chi connectivity index (χ1n) is 9.58. The van der Waals surface area contributed by atoms with Crippen molar-refractivity contribution in [2.45, 2.75) is 19.1 Å². The summed E-state index contributed by atoms with van der Waals surface area (Å²) in [4.78, 5) is 31.9. The van der Waals surface area contributed by atoms with Gasteiger partial charge in [-0.3, -0.25) is 9.36 Å². The van der Waals surface area contributed by atoms with E-state index in [4.69, 9.17) is 16.0 Å². The topological polar surface area (TPSA) is 71.6 Å². The maximum Gasteiger partial charge on any atom is 0.419 e. The molecular weight excluding hydrogens is 437 g/mol. The number of piperazine rings is 1. The van der Waals surface area contributed by atoms with Crippen molar-refractivity contribution >= 4 is 34.4 Å². The number of alkyl halides is 3. The minimum absolute atomic E-state index is 0.0826. The number of aryl methyl sites for hydroxylation is 1. The molecule has 31 heavy (non-hydrogen) atoms. The summed E-state index contributed by atoms with van der Waals surface area (Å²) in [5, 5.41) is -0.0826. The van der Waals surface area contributed by atoms with E-state index >= 15 is 0 Å². The SMILES string of the molecule is O=C(CCn1c(=O)oc2ccccc21)N1CCN(c2ncc(C(F)(F)F)cc2Cl)CC1. The minimum Gasteiger partial charge on any atom is -0.408 e. The molecule has 0 N–H and O–H groups in total. The van der Waals surface area contributed by atoms with Crippen LogP contribution in [0.4, 0.5) is 19.0 Å². The van der Waals surface area contributed by atoms with Crippen LogP contribution in [0.5, 0.6) is 0 Å². The van der Waals surface area contributed by atoms with Crippen LogP contribution in [0.3, 0.4) is 0 Å². The van der Waals surface area contributed by atoms with E-state index in [1.807, 2.05) is 0 Å². The first-order valence-corrected chi connectivity index (χ1v) is 9.95. The smallest absolute Gasteiger partial charge is 0.408 e. The molecule has 164 valence electrons. The van der Waals surface area contributed by atoms with Crippen LogP contribution in [0, 0.1) is 0 Å². The summed E-state index contributed by atoms with van der Waals surface area (Å²) in [6, 6.07) is 7.85. The first kappa shape index (κ1) is 21.2. The third kappa shape index (κ3) is 4.39. The molecule has 7 nitrogen and oxygen atoms in total. The number of pyridine rings is 1. The fourth-order valence-electron chi connectivity index (χ4n) is 3.58. The molecule has 1 amide bonds. The molecule has 11 heteroatoms. The number of benzene rings is 1. The van der Waals surface area contributed by atoms with Gasteiger partial charge < -0.3 is 14.2 Å². The van der Waals surface area contributed by atoms with Crippen molar-refractivity contribution in [1.82, 2.24) is 14.5 Å². The summed E-state index contributed by atoms with van der Waals surface area (Å²) >= 11 is 6.01. The molecule has 2 aromatic heterocycles. The van der Waals surface area contributed by atoms with Crippen molar-refractivity contribution in [2.75, 3.05) is 31.1 Å². The van der Waals surface area contributed by atoms with Gasteiger partial charge in [0.05, 0.1) is 16.1 Å². The summed E-state index contributed by atoms with van der Waals surface area (Å²) < 4.78 is 44.9. The molecule has 3 aromatic rings. The van der Waals surface area contributed by atoms with E-state index in [1.54, 1.807) is 34.1 Å². The Morgan fingerprint density at radius 1 is 1.16 bits per heavy atom. The lowest BCUT2D eigenvalue weighted by Gasteiger charge is -2.36. The molecule has 0 radical (unpaired) electrons. The Hall–Kier alpha value is -3.01. The van der Waals surface area contributed by atoms with E-state index in [0.717, 1.165) is 12.3 Å². The number of aromatic nitrogens is 2. The molecule has 0 saturated carbocycles. The van der Waals surface area contributed by atoms with Gasteiger partial charge in [0.1, 0.15) is 5.82 Å². The maximum absolute atomic E-state index is 12.8. The van der Waals surface area contributed by atoms with Crippen LogP contribution < -0.4 is 10.7 Å². The number of anilines is 1. The average molecular weight is 455 g/mol. The first-order chi connectivity index (χ1) is 14.7. The van der Waals surface area contributed by atoms with Crippen LogP contribution in [-0.2, 0) is 17.5 Å². The highest BCUT2D eigenvalue weighted by atomic mass is 35.5. The van der Waals surface area contributed by atoms with Crippen LogP contribution >= 0.6 is 11.6 Å². The van der Waals surface area contributed by atoms with E-state index in [0.29, 0.717) is 37.3 Å². The molecule has 1 saturated heterocycles. The fourth-order valence-corrected chi connectivity index (χ4v) is 3.86. The normalized spacial score (nSPS) is 15.0. The van der Waals surface area contributed by atoms with Gasteiger partial charge in [-0.15, -0.1) is 0 Å². The molecule has 1 aliphatic heterocycles. The Bertz CT molecular complexity index is 1170. The zero-order valence-corrected chi connectivity index (χ0v) is 17.0. The highest BCUT2D eigenvalue weighted by molar-refractivity contribution is 6.33. The Kier molecular flexibility index (Phi) is 5.65. The summed E-state index contributed by atoms with van der Waals surface area (Å²) in [6.45, 7) is 1.72.